The van der Waals surface area contributed by atoms with Crippen LogP contribution in [0.3, 0.4) is 0 Å². The predicted molar refractivity (Wildman–Crippen MR) is 171 cm³/mol. The first-order valence-corrected chi connectivity index (χ1v) is 15.4. The van der Waals surface area contributed by atoms with Gasteiger partial charge in [0.05, 0.1) is 19.8 Å². The Labute approximate surface area is 256 Å². The number of hydrogen-bond donors (Lipinski definition) is 0. The monoisotopic (exact) mass is 586 g/mol. The van der Waals surface area contributed by atoms with Crippen LogP contribution in [0.2, 0.25) is 0 Å². The first kappa shape index (κ1) is 33.7. The minimum absolute atomic E-state index is 0.359. The number of benzene rings is 2. The summed E-state index contributed by atoms with van der Waals surface area (Å²) in [6.07, 6.45) is 18.0. The van der Waals surface area contributed by atoms with Crippen molar-refractivity contribution in [2.45, 2.75) is 70.6 Å². The fourth-order valence-corrected chi connectivity index (χ4v) is 4.47. The van der Waals surface area contributed by atoms with E-state index < -0.39 is 0 Å². The molecular formula is C36H46N2O5. The molecule has 0 bridgehead atoms. The number of rotatable bonds is 23. The van der Waals surface area contributed by atoms with Crippen LogP contribution in [0.5, 0.6) is 5.75 Å². The minimum atomic E-state index is -0.359. The predicted octanol–water partition coefficient (Wildman–Crippen LogP) is 7.83. The molecule has 3 aromatic rings. The number of unbranched alkanes of at least 4 members (excludes halogenated alkanes) is 6. The summed E-state index contributed by atoms with van der Waals surface area (Å²) >= 11 is 0. The summed E-state index contributed by atoms with van der Waals surface area (Å²) in [4.78, 5) is 30.2. The molecule has 0 aliphatic carbocycles. The third-order valence-electron chi connectivity index (χ3n) is 6.97. The fraction of sp³-hybridized carbons (Fsp3) is 0.417. The van der Waals surface area contributed by atoms with Crippen molar-refractivity contribution in [2.24, 2.45) is 0 Å². The fourth-order valence-electron chi connectivity index (χ4n) is 4.47. The quantitative estimate of drug-likeness (QED) is 0.0280. The second-order valence-corrected chi connectivity index (χ2v) is 10.4. The first-order chi connectivity index (χ1) is 21.2. The first-order valence-electron chi connectivity index (χ1n) is 15.4. The maximum absolute atomic E-state index is 11.0. The molecule has 1 heterocycles. The van der Waals surface area contributed by atoms with Crippen LogP contribution in [0.4, 0.5) is 0 Å². The Balaban J connectivity index is 1.28. The summed E-state index contributed by atoms with van der Waals surface area (Å²) < 4.78 is 10.8. The summed E-state index contributed by atoms with van der Waals surface area (Å²) in [6, 6.07) is 16.9. The van der Waals surface area contributed by atoms with Crippen molar-refractivity contribution in [3.63, 3.8) is 0 Å². The Morgan fingerprint density at radius 1 is 0.651 bits per heavy atom. The van der Waals surface area contributed by atoms with Crippen molar-refractivity contribution in [3.8, 4) is 17.1 Å². The molecule has 3 rings (SSSR count). The molecule has 0 saturated heterocycles. The molecular weight excluding hydrogens is 540 g/mol. The molecule has 0 atom stereocenters. The average molecular weight is 587 g/mol. The molecule has 43 heavy (non-hydrogen) atoms. The van der Waals surface area contributed by atoms with Crippen LogP contribution in [0.25, 0.3) is 11.4 Å². The van der Waals surface area contributed by atoms with Crippen LogP contribution >= 0.6 is 0 Å². The molecule has 0 fully saturated rings. The summed E-state index contributed by atoms with van der Waals surface area (Å²) in [7, 11) is 0. The van der Waals surface area contributed by atoms with E-state index in [-0.39, 0.29) is 5.97 Å². The van der Waals surface area contributed by atoms with Crippen LogP contribution in [0.15, 0.2) is 86.2 Å². The number of aryl methyl sites for hydroxylation is 3. The highest BCUT2D eigenvalue weighted by atomic mass is 17.2. The highest BCUT2D eigenvalue weighted by molar-refractivity contribution is 5.81. The van der Waals surface area contributed by atoms with Gasteiger partial charge in [0.2, 0.25) is 0 Å². The van der Waals surface area contributed by atoms with E-state index in [0.717, 1.165) is 86.9 Å². The van der Waals surface area contributed by atoms with Gasteiger partial charge in [-0.05, 0) is 86.6 Å². The highest BCUT2D eigenvalue weighted by Crippen LogP contribution is 2.18. The van der Waals surface area contributed by atoms with Crippen LogP contribution < -0.4 is 4.74 Å². The maximum atomic E-state index is 11.0. The van der Waals surface area contributed by atoms with Gasteiger partial charge < -0.3 is 9.47 Å². The number of carbonyl (C=O) groups is 1. The molecule has 2 aromatic carbocycles. The lowest BCUT2D eigenvalue weighted by Gasteiger charge is -2.08. The Kier molecular flexibility index (Phi) is 16.4. The Bertz CT molecular complexity index is 1190. The minimum Gasteiger partial charge on any atom is -0.494 e. The van der Waals surface area contributed by atoms with Gasteiger partial charge in [0.1, 0.15) is 12.4 Å². The van der Waals surface area contributed by atoms with E-state index in [1.54, 1.807) is 6.08 Å². The van der Waals surface area contributed by atoms with Gasteiger partial charge in [0, 0.05) is 24.0 Å². The SMILES string of the molecule is C=CCOOCCCCCCc1ccc(-c2ncc(CCc3ccc(OCCCCCCOC(=O)C=C)cc3)cn2)cc1. The van der Waals surface area contributed by atoms with Gasteiger partial charge in [-0.15, -0.1) is 6.58 Å². The molecule has 0 amide bonds. The number of esters is 1. The van der Waals surface area contributed by atoms with Crippen molar-refractivity contribution < 1.29 is 24.0 Å². The standard InChI is InChI=1S/C36H46N2O5/c1-3-24-42-43-27-12-6-5-9-13-30-16-20-33(21-17-30)36-37-28-32(29-38-36)15-14-31-18-22-34(23-19-31)40-25-10-7-8-11-26-41-35(39)4-2/h3-4,16-23,28-29H,1-2,5-15,24-27H2. The topological polar surface area (TPSA) is 79.8 Å². The summed E-state index contributed by atoms with van der Waals surface area (Å²) in [5.41, 5.74) is 4.75. The number of hydrogen-bond acceptors (Lipinski definition) is 7. The van der Waals surface area contributed by atoms with E-state index in [4.69, 9.17) is 19.2 Å². The molecule has 1 aromatic heterocycles. The van der Waals surface area contributed by atoms with Crippen LogP contribution in [-0.2, 0) is 38.6 Å². The van der Waals surface area contributed by atoms with Crippen molar-refractivity contribution in [3.05, 3.63) is 103 Å². The zero-order valence-corrected chi connectivity index (χ0v) is 25.4. The zero-order valence-electron chi connectivity index (χ0n) is 25.4. The molecule has 7 heteroatoms. The van der Waals surface area contributed by atoms with Crippen molar-refractivity contribution in [1.29, 1.82) is 0 Å². The van der Waals surface area contributed by atoms with Crippen LogP contribution in [0, 0.1) is 0 Å². The van der Waals surface area contributed by atoms with E-state index in [0.29, 0.717) is 26.4 Å². The van der Waals surface area contributed by atoms with Gasteiger partial charge in [0.15, 0.2) is 5.82 Å². The smallest absolute Gasteiger partial charge is 0.330 e. The lowest BCUT2D eigenvalue weighted by Crippen LogP contribution is -2.02. The second-order valence-electron chi connectivity index (χ2n) is 10.4. The zero-order chi connectivity index (χ0) is 30.4. The normalized spacial score (nSPS) is 10.8. The van der Waals surface area contributed by atoms with Gasteiger partial charge >= 0.3 is 5.97 Å². The number of carbonyl (C=O) groups excluding carboxylic acids is 1. The summed E-state index contributed by atoms with van der Waals surface area (Å²) in [6.45, 7) is 9.17. The third-order valence-corrected chi connectivity index (χ3v) is 6.97. The molecule has 0 radical (unpaired) electrons. The lowest BCUT2D eigenvalue weighted by molar-refractivity contribution is -0.286. The Morgan fingerprint density at radius 2 is 1.26 bits per heavy atom. The molecule has 230 valence electrons. The van der Waals surface area contributed by atoms with Gasteiger partial charge in [-0.25, -0.2) is 24.5 Å². The van der Waals surface area contributed by atoms with Gasteiger partial charge in [-0.2, -0.15) is 0 Å². The van der Waals surface area contributed by atoms with Crippen LogP contribution in [-0.4, -0.2) is 42.4 Å². The molecule has 7 nitrogen and oxygen atoms in total. The van der Waals surface area contributed by atoms with E-state index >= 15 is 0 Å². The highest BCUT2D eigenvalue weighted by Gasteiger charge is 2.04. The van der Waals surface area contributed by atoms with E-state index in [1.165, 1.54) is 23.6 Å². The van der Waals surface area contributed by atoms with Crippen molar-refractivity contribution in [2.75, 3.05) is 26.4 Å². The molecule has 0 aliphatic rings. The molecule has 0 saturated carbocycles. The number of ether oxygens (including phenoxy) is 2. The van der Waals surface area contributed by atoms with E-state index in [9.17, 15) is 4.79 Å². The average Bonchev–Trinajstić information content (AvgIpc) is 3.05. The summed E-state index contributed by atoms with van der Waals surface area (Å²) in [5, 5.41) is 0. The van der Waals surface area contributed by atoms with Gasteiger partial charge in [-0.1, -0.05) is 61.9 Å². The Morgan fingerprint density at radius 3 is 1.95 bits per heavy atom. The number of aromatic nitrogens is 2. The second kappa shape index (κ2) is 21.0. The third kappa shape index (κ3) is 14.3. The Hall–Kier alpha value is -3.81. The largest absolute Gasteiger partial charge is 0.494 e. The molecule has 0 aliphatic heterocycles. The maximum Gasteiger partial charge on any atom is 0.330 e. The van der Waals surface area contributed by atoms with Crippen LogP contribution in [0.1, 0.15) is 68.1 Å². The van der Waals surface area contributed by atoms with Crippen molar-refractivity contribution >= 4 is 5.97 Å². The molecule has 0 spiro atoms. The molecule has 0 N–H and O–H groups in total. The molecule has 0 unspecified atom stereocenters. The van der Waals surface area contributed by atoms with Gasteiger partial charge in [0.25, 0.3) is 0 Å². The summed E-state index contributed by atoms with van der Waals surface area (Å²) in [5.74, 6) is 1.28. The van der Waals surface area contributed by atoms with Gasteiger partial charge in [-0.3, -0.25) is 0 Å². The van der Waals surface area contributed by atoms with E-state index in [2.05, 4.69) is 59.5 Å². The number of nitrogens with zero attached hydrogens (tertiary/aromatic N) is 2. The van der Waals surface area contributed by atoms with E-state index in [1.807, 2.05) is 24.5 Å². The lowest BCUT2D eigenvalue weighted by atomic mass is 10.0. The van der Waals surface area contributed by atoms with Crippen molar-refractivity contribution in [1.82, 2.24) is 9.97 Å².